The van der Waals surface area contributed by atoms with Crippen LogP contribution in [0.3, 0.4) is 0 Å². The summed E-state index contributed by atoms with van der Waals surface area (Å²) < 4.78 is 0. The maximum absolute atomic E-state index is 11.6. The van der Waals surface area contributed by atoms with Crippen molar-refractivity contribution in [3.8, 4) is 0 Å². The van der Waals surface area contributed by atoms with Crippen LogP contribution in [-0.4, -0.2) is 31.6 Å². The van der Waals surface area contributed by atoms with Gasteiger partial charge < -0.3 is 15.4 Å². The monoisotopic (exact) mass is 233 g/mol. The lowest BCUT2D eigenvalue weighted by molar-refractivity contribution is 0.281. The molecule has 0 radical (unpaired) electrons. The van der Waals surface area contributed by atoms with Crippen LogP contribution in [0.1, 0.15) is 6.42 Å². The molecule has 88 valence electrons. The number of imidazole rings is 1. The normalized spacial score (nSPS) is 21.0. The van der Waals surface area contributed by atoms with Crippen molar-refractivity contribution in [2.45, 2.75) is 6.42 Å². The van der Waals surface area contributed by atoms with E-state index in [9.17, 15) is 4.79 Å². The summed E-state index contributed by atoms with van der Waals surface area (Å²) in [5, 5.41) is 11.8. The van der Waals surface area contributed by atoms with Gasteiger partial charge in [0.05, 0.1) is 6.33 Å². The molecule has 2 aromatic rings. The first-order valence-corrected chi connectivity index (χ1v) is 5.27. The summed E-state index contributed by atoms with van der Waals surface area (Å²) in [5.74, 6) is 0.618. The molecule has 1 atom stereocenters. The van der Waals surface area contributed by atoms with Gasteiger partial charge in [-0.2, -0.15) is 4.98 Å². The van der Waals surface area contributed by atoms with Gasteiger partial charge in [0.25, 0.3) is 5.56 Å². The Morgan fingerprint density at radius 3 is 3.29 bits per heavy atom. The van der Waals surface area contributed by atoms with Crippen LogP contribution in [0.4, 0.5) is 5.95 Å². The maximum Gasteiger partial charge on any atom is 0.280 e. The minimum Gasteiger partial charge on any atom is -0.396 e. The molecule has 1 unspecified atom stereocenters. The number of aliphatic hydroxyl groups excluding tert-OH is 1. The summed E-state index contributed by atoms with van der Waals surface area (Å²) in [6.07, 6.45) is 4.08. The van der Waals surface area contributed by atoms with Crippen molar-refractivity contribution in [3.63, 3.8) is 0 Å². The fourth-order valence-corrected chi connectivity index (χ4v) is 1.66. The summed E-state index contributed by atoms with van der Waals surface area (Å²) in [5.41, 5.74) is 1.58. The third-order valence-corrected chi connectivity index (χ3v) is 2.75. The highest BCUT2D eigenvalue weighted by Crippen LogP contribution is 2.36. The van der Waals surface area contributed by atoms with Gasteiger partial charge in [0.15, 0.2) is 11.2 Å². The fourth-order valence-electron chi connectivity index (χ4n) is 1.66. The molecule has 1 aliphatic carbocycles. The van der Waals surface area contributed by atoms with Gasteiger partial charge in [-0.15, -0.1) is 0 Å². The summed E-state index contributed by atoms with van der Waals surface area (Å²) in [6.45, 7) is 0.164. The maximum atomic E-state index is 11.6. The number of hydrogen-bond donors (Lipinski definition) is 4. The first-order valence-electron chi connectivity index (χ1n) is 5.27. The highest BCUT2D eigenvalue weighted by molar-refractivity contribution is 5.69. The second kappa shape index (κ2) is 3.70. The molecule has 0 aromatic carbocycles. The molecule has 1 saturated carbocycles. The number of aromatic amines is 2. The Morgan fingerprint density at radius 2 is 2.53 bits per heavy atom. The Balaban J connectivity index is 1.86. The quantitative estimate of drug-likeness (QED) is 0.595. The van der Waals surface area contributed by atoms with Gasteiger partial charge in [-0.05, 0) is 12.0 Å². The fraction of sp³-hybridized carbons (Fsp3) is 0.300. The van der Waals surface area contributed by atoms with Crippen LogP contribution in [0, 0.1) is 5.92 Å². The number of rotatable bonds is 3. The lowest BCUT2D eigenvalue weighted by atomic mass is 10.4. The standard InChI is InChI=1S/C10H11N5O2/c16-3-6-1-5(6)2-11-10-14-8-7(9(17)15-10)12-4-13-8/h2,4,6,16H,1,3H2,(H3,11,12,13,14,15,17)/b5-2+. The van der Waals surface area contributed by atoms with Crippen LogP contribution in [-0.2, 0) is 0 Å². The number of nitrogens with one attached hydrogen (secondary N) is 3. The number of anilines is 1. The molecule has 2 aromatic heterocycles. The molecule has 7 nitrogen and oxygen atoms in total. The van der Waals surface area contributed by atoms with Crippen molar-refractivity contribution in [2.24, 2.45) is 5.92 Å². The van der Waals surface area contributed by atoms with Crippen LogP contribution in [0.5, 0.6) is 0 Å². The third-order valence-electron chi connectivity index (χ3n) is 2.75. The molecule has 4 N–H and O–H groups in total. The molecular formula is C10H11N5O2. The summed E-state index contributed by atoms with van der Waals surface area (Å²) >= 11 is 0. The molecule has 0 spiro atoms. The number of aliphatic hydroxyl groups is 1. The van der Waals surface area contributed by atoms with E-state index in [0.29, 0.717) is 17.1 Å². The Morgan fingerprint density at radius 1 is 1.65 bits per heavy atom. The van der Waals surface area contributed by atoms with E-state index >= 15 is 0 Å². The molecule has 0 aliphatic heterocycles. The lowest BCUT2D eigenvalue weighted by Gasteiger charge is -1.98. The Labute approximate surface area is 95.6 Å². The van der Waals surface area contributed by atoms with Crippen molar-refractivity contribution in [1.82, 2.24) is 19.9 Å². The van der Waals surface area contributed by atoms with Gasteiger partial charge in [-0.3, -0.25) is 9.78 Å². The van der Waals surface area contributed by atoms with Crippen molar-refractivity contribution in [2.75, 3.05) is 11.9 Å². The number of hydrogen-bond acceptors (Lipinski definition) is 5. The molecule has 7 heteroatoms. The molecule has 1 fully saturated rings. The van der Waals surface area contributed by atoms with E-state index in [-0.39, 0.29) is 18.1 Å². The predicted octanol–water partition coefficient (Wildman–Crippen LogP) is -0.0458. The lowest BCUT2D eigenvalue weighted by Crippen LogP contribution is -2.10. The van der Waals surface area contributed by atoms with E-state index < -0.39 is 0 Å². The Kier molecular flexibility index (Phi) is 2.19. The van der Waals surface area contributed by atoms with E-state index in [4.69, 9.17) is 5.11 Å². The smallest absolute Gasteiger partial charge is 0.280 e. The van der Waals surface area contributed by atoms with Crippen LogP contribution in [0.15, 0.2) is 22.9 Å². The van der Waals surface area contributed by atoms with E-state index in [2.05, 4.69) is 25.3 Å². The van der Waals surface area contributed by atoms with Gasteiger partial charge in [-0.25, -0.2) is 4.98 Å². The first kappa shape index (κ1) is 10.0. The van der Waals surface area contributed by atoms with Crippen molar-refractivity contribution in [1.29, 1.82) is 0 Å². The zero-order valence-electron chi connectivity index (χ0n) is 8.90. The number of H-pyrrole nitrogens is 2. The molecular weight excluding hydrogens is 222 g/mol. The van der Waals surface area contributed by atoms with Gasteiger partial charge in [0.2, 0.25) is 5.95 Å². The van der Waals surface area contributed by atoms with Gasteiger partial charge in [0.1, 0.15) is 0 Å². The molecule has 3 rings (SSSR count). The van der Waals surface area contributed by atoms with Crippen LogP contribution >= 0.6 is 0 Å². The van der Waals surface area contributed by atoms with Crippen LogP contribution in [0.2, 0.25) is 0 Å². The molecule has 0 saturated heterocycles. The van der Waals surface area contributed by atoms with Crippen molar-refractivity contribution >= 4 is 17.1 Å². The van der Waals surface area contributed by atoms with Gasteiger partial charge in [-0.1, -0.05) is 0 Å². The third kappa shape index (κ3) is 1.80. The SMILES string of the molecule is O=c1[nH]c(N/C=C2\CC2CO)nc2[nH]cnc12. The van der Waals surface area contributed by atoms with Gasteiger partial charge in [0, 0.05) is 18.7 Å². The van der Waals surface area contributed by atoms with E-state index in [0.717, 1.165) is 12.0 Å². The highest BCUT2D eigenvalue weighted by Gasteiger charge is 2.28. The molecule has 2 heterocycles. The summed E-state index contributed by atoms with van der Waals surface area (Å²) in [6, 6.07) is 0. The summed E-state index contributed by atoms with van der Waals surface area (Å²) in [4.78, 5) is 24.9. The van der Waals surface area contributed by atoms with Crippen molar-refractivity contribution < 1.29 is 5.11 Å². The second-order valence-electron chi connectivity index (χ2n) is 3.96. The zero-order chi connectivity index (χ0) is 11.8. The predicted molar refractivity (Wildman–Crippen MR) is 61.4 cm³/mol. The van der Waals surface area contributed by atoms with E-state index in [1.165, 1.54) is 6.33 Å². The van der Waals surface area contributed by atoms with E-state index in [1.54, 1.807) is 6.20 Å². The van der Waals surface area contributed by atoms with Crippen LogP contribution < -0.4 is 10.9 Å². The van der Waals surface area contributed by atoms with E-state index in [1.807, 2.05) is 0 Å². The van der Waals surface area contributed by atoms with Crippen LogP contribution in [0.25, 0.3) is 11.2 Å². The number of nitrogens with zero attached hydrogens (tertiary/aromatic N) is 2. The Bertz CT molecular complexity index is 641. The van der Waals surface area contributed by atoms with Gasteiger partial charge >= 0.3 is 0 Å². The average molecular weight is 233 g/mol. The topological polar surface area (TPSA) is 107 Å². The molecule has 1 aliphatic rings. The Hall–Kier alpha value is -2.15. The average Bonchev–Trinajstić information content (AvgIpc) is 2.93. The number of fused-ring (bicyclic) bond motifs is 1. The largest absolute Gasteiger partial charge is 0.396 e. The minimum absolute atomic E-state index is 0.164. The summed E-state index contributed by atoms with van der Waals surface area (Å²) in [7, 11) is 0. The molecule has 17 heavy (non-hydrogen) atoms. The minimum atomic E-state index is -0.286. The number of aromatic nitrogens is 4. The zero-order valence-corrected chi connectivity index (χ0v) is 8.90. The molecule has 0 amide bonds. The molecule has 0 bridgehead atoms. The van der Waals surface area contributed by atoms with Crippen molar-refractivity contribution in [3.05, 3.63) is 28.5 Å². The first-order chi connectivity index (χ1) is 8.28. The second-order valence-corrected chi connectivity index (χ2v) is 3.96. The highest BCUT2D eigenvalue weighted by atomic mass is 16.3.